The molecule has 2 heterocycles. The first kappa shape index (κ1) is 25.4. The van der Waals surface area contributed by atoms with Crippen molar-refractivity contribution in [1.29, 1.82) is 0 Å². The fourth-order valence-corrected chi connectivity index (χ4v) is 4.54. The number of nitrogens with one attached hydrogen (secondary N) is 1. The van der Waals surface area contributed by atoms with Crippen LogP contribution in [0, 0.1) is 5.41 Å². The van der Waals surface area contributed by atoms with E-state index in [1.165, 1.54) is 6.20 Å². The van der Waals surface area contributed by atoms with Gasteiger partial charge in [0, 0.05) is 32.7 Å². The summed E-state index contributed by atoms with van der Waals surface area (Å²) in [6.45, 7) is 5.02. The van der Waals surface area contributed by atoms with Gasteiger partial charge in [0.25, 0.3) is 5.91 Å². The first-order chi connectivity index (χ1) is 17.3. The maximum Gasteiger partial charge on any atom is 0.252 e. The molecule has 0 spiro atoms. The lowest BCUT2D eigenvalue weighted by molar-refractivity contribution is 0.0908. The summed E-state index contributed by atoms with van der Waals surface area (Å²) in [5.74, 6) is 1.68. The number of methoxy groups -OCH3 is 3. The second kappa shape index (κ2) is 10.5. The van der Waals surface area contributed by atoms with Crippen molar-refractivity contribution in [2.24, 2.45) is 5.41 Å². The highest BCUT2D eigenvalue weighted by Crippen LogP contribution is 2.38. The van der Waals surface area contributed by atoms with Gasteiger partial charge in [0.05, 0.1) is 43.3 Å². The number of ketones is 1. The molecule has 1 aromatic carbocycles. The molecule has 1 aliphatic rings. The molecule has 9 heteroatoms. The lowest BCUT2D eigenvalue weighted by atomic mass is 9.75. The predicted molar refractivity (Wildman–Crippen MR) is 134 cm³/mol. The van der Waals surface area contributed by atoms with Gasteiger partial charge in [-0.15, -0.1) is 0 Å². The van der Waals surface area contributed by atoms with Crippen molar-refractivity contribution in [2.45, 2.75) is 33.1 Å². The van der Waals surface area contributed by atoms with E-state index < -0.39 is 0 Å². The molecule has 0 atom stereocenters. The van der Waals surface area contributed by atoms with Crippen LogP contribution in [0.15, 0.2) is 36.5 Å². The summed E-state index contributed by atoms with van der Waals surface area (Å²) in [4.78, 5) is 30.1. The quantitative estimate of drug-likeness (QED) is 0.457. The van der Waals surface area contributed by atoms with E-state index in [4.69, 9.17) is 19.3 Å². The largest absolute Gasteiger partial charge is 0.493 e. The van der Waals surface area contributed by atoms with Crippen LogP contribution in [-0.2, 0) is 17.6 Å². The fraction of sp³-hybridized carbons (Fsp3) is 0.407. The highest BCUT2D eigenvalue weighted by Gasteiger charge is 2.37. The van der Waals surface area contributed by atoms with Crippen molar-refractivity contribution in [3.05, 3.63) is 64.6 Å². The van der Waals surface area contributed by atoms with Crippen LogP contribution in [0.1, 0.15) is 57.9 Å². The Morgan fingerprint density at radius 1 is 1.08 bits per heavy atom. The number of amides is 1. The zero-order valence-corrected chi connectivity index (χ0v) is 21.4. The topological polar surface area (TPSA) is 105 Å². The van der Waals surface area contributed by atoms with Crippen LogP contribution >= 0.6 is 0 Å². The molecule has 0 saturated heterocycles. The number of aromatic nitrogens is 3. The van der Waals surface area contributed by atoms with Crippen molar-refractivity contribution in [2.75, 3.05) is 34.5 Å². The number of benzene rings is 1. The Balaban J connectivity index is 1.70. The summed E-state index contributed by atoms with van der Waals surface area (Å²) < 4.78 is 17.5. The number of rotatable bonds is 9. The van der Waals surface area contributed by atoms with E-state index in [1.54, 1.807) is 38.1 Å². The highest BCUT2D eigenvalue weighted by molar-refractivity contribution is 6.00. The Morgan fingerprint density at radius 2 is 1.86 bits per heavy atom. The molecule has 9 nitrogen and oxygen atoms in total. The van der Waals surface area contributed by atoms with Gasteiger partial charge in [-0.1, -0.05) is 19.9 Å². The molecule has 0 saturated carbocycles. The third-order valence-electron chi connectivity index (χ3n) is 6.26. The Kier molecular flexibility index (Phi) is 7.40. The fourth-order valence-electron chi connectivity index (χ4n) is 4.54. The standard InChI is InChI=1S/C27H32N4O5/c1-27(2)14-20-25(21(32)15-27)19(12-17-6-8-22(35-4)23(13-17)36-5)30-31(20)24-9-7-18(16-29-24)26(33)28-10-11-34-3/h6-9,13,16H,10-12,14-15H2,1-5H3,(H,28,33). The molecule has 190 valence electrons. The summed E-state index contributed by atoms with van der Waals surface area (Å²) in [6, 6.07) is 9.16. The van der Waals surface area contributed by atoms with Crippen LogP contribution in [0.4, 0.5) is 0 Å². The summed E-state index contributed by atoms with van der Waals surface area (Å²) in [5.41, 5.74) is 3.40. The molecule has 0 bridgehead atoms. The number of fused-ring (bicyclic) bond motifs is 1. The second-order valence-electron chi connectivity index (χ2n) is 9.64. The monoisotopic (exact) mass is 492 g/mol. The Labute approximate surface area is 210 Å². The first-order valence-electron chi connectivity index (χ1n) is 11.8. The van der Waals surface area contributed by atoms with Crippen LogP contribution in [0.25, 0.3) is 5.82 Å². The highest BCUT2D eigenvalue weighted by atomic mass is 16.5. The van der Waals surface area contributed by atoms with Gasteiger partial charge in [-0.25, -0.2) is 9.67 Å². The number of pyridine rings is 1. The zero-order valence-electron chi connectivity index (χ0n) is 21.4. The van der Waals surface area contributed by atoms with Gasteiger partial charge in [0.2, 0.25) is 0 Å². The van der Waals surface area contributed by atoms with Gasteiger partial charge in [-0.3, -0.25) is 9.59 Å². The molecule has 2 aromatic heterocycles. The minimum Gasteiger partial charge on any atom is -0.493 e. The predicted octanol–water partition coefficient (Wildman–Crippen LogP) is 3.41. The summed E-state index contributed by atoms with van der Waals surface area (Å²) in [5, 5.41) is 7.64. The third-order valence-corrected chi connectivity index (χ3v) is 6.26. The number of nitrogens with zero attached hydrogens (tertiary/aromatic N) is 3. The molecular formula is C27H32N4O5. The van der Waals surface area contributed by atoms with E-state index in [-0.39, 0.29) is 17.1 Å². The second-order valence-corrected chi connectivity index (χ2v) is 9.64. The summed E-state index contributed by atoms with van der Waals surface area (Å²) >= 11 is 0. The van der Waals surface area contributed by atoms with Crippen molar-refractivity contribution in [1.82, 2.24) is 20.1 Å². The van der Waals surface area contributed by atoms with Crippen molar-refractivity contribution in [3.63, 3.8) is 0 Å². The summed E-state index contributed by atoms with van der Waals surface area (Å²) in [7, 11) is 4.77. The number of Topliss-reactive ketones (excluding diaryl/α,β-unsaturated/α-hetero) is 1. The van der Waals surface area contributed by atoms with Gasteiger partial charge in [0.15, 0.2) is 23.1 Å². The van der Waals surface area contributed by atoms with Crippen LogP contribution in [0.2, 0.25) is 0 Å². The molecule has 1 N–H and O–H groups in total. The van der Waals surface area contributed by atoms with E-state index in [1.807, 2.05) is 18.2 Å². The van der Waals surface area contributed by atoms with Gasteiger partial charge < -0.3 is 19.5 Å². The normalized spacial score (nSPS) is 14.3. The van der Waals surface area contributed by atoms with Crippen LogP contribution in [0.3, 0.4) is 0 Å². The molecule has 1 amide bonds. The first-order valence-corrected chi connectivity index (χ1v) is 11.8. The molecule has 0 fully saturated rings. The number of hydrogen-bond acceptors (Lipinski definition) is 7. The molecule has 0 unspecified atom stereocenters. The number of carbonyl (C=O) groups is 2. The molecule has 4 rings (SSSR count). The van der Waals surface area contributed by atoms with E-state index in [0.717, 1.165) is 11.3 Å². The van der Waals surface area contributed by atoms with E-state index in [2.05, 4.69) is 24.1 Å². The van der Waals surface area contributed by atoms with E-state index in [9.17, 15) is 9.59 Å². The maximum atomic E-state index is 13.3. The molecule has 36 heavy (non-hydrogen) atoms. The van der Waals surface area contributed by atoms with Gasteiger partial charge in [0.1, 0.15) is 0 Å². The SMILES string of the molecule is COCCNC(=O)c1ccc(-n2nc(Cc3ccc(OC)c(OC)c3)c3c2CC(C)(C)CC3=O)nc1. The molecule has 0 radical (unpaired) electrons. The summed E-state index contributed by atoms with van der Waals surface area (Å²) in [6.07, 6.45) is 3.13. The smallest absolute Gasteiger partial charge is 0.252 e. The van der Waals surface area contributed by atoms with Crippen molar-refractivity contribution < 1.29 is 23.8 Å². The van der Waals surface area contributed by atoms with Gasteiger partial charge in [-0.2, -0.15) is 5.10 Å². The molecular weight excluding hydrogens is 460 g/mol. The Hall–Kier alpha value is -3.72. The Bertz CT molecular complexity index is 1260. The third kappa shape index (κ3) is 5.26. The molecule has 3 aromatic rings. The van der Waals surface area contributed by atoms with Crippen LogP contribution in [0.5, 0.6) is 11.5 Å². The minimum absolute atomic E-state index is 0.0807. The van der Waals surface area contributed by atoms with Crippen molar-refractivity contribution >= 4 is 11.7 Å². The van der Waals surface area contributed by atoms with E-state index in [0.29, 0.717) is 66.6 Å². The van der Waals surface area contributed by atoms with Crippen molar-refractivity contribution in [3.8, 4) is 17.3 Å². The van der Waals surface area contributed by atoms with Crippen LogP contribution in [-0.4, -0.2) is 60.9 Å². The lowest BCUT2D eigenvalue weighted by Crippen LogP contribution is -2.28. The number of carbonyl (C=O) groups excluding carboxylic acids is 2. The van der Waals surface area contributed by atoms with E-state index >= 15 is 0 Å². The molecule has 0 aliphatic heterocycles. The maximum absolute atomic E-state index is 13.3. The Morgan fingerprint density at radius 3 is 2.53 bits per heavy atom. The van der Waals surface area contributed by atoms with Gasteiger partial charge in [-0.05, 0) is 41.7 Å². The average molecular weight is 493 g/mol. The zero-order chi connectivity index (χ0) is 25.9. The number of hydrogen-bond donors (Lipinski definition) is 1. The average Bonchev–Trinajstić information content (AvgIpc) is 3.21. The molecule has 1 aliphatic carbocycles. The minimum atomic E-state index is -0.223. The lowest BCUT2D eigenvalue weighted by Gasteiger charge is -2.29. The van der Waals surface area contributed by atoms with Gasteiger partial charge >= 0.3 is 0 Å². The van der Waals surface area contributed by atoms with Crippen LogP contribution < -0.4 is 14.8 Å². The number of ether oxygens (including phenoxy) is 3.